The molecule has 0 saturated heterocycles. The van der Waals surface area contributed by atoms with E-state index in [0.717, 1.165) is 0 Å². The van der Waals surface area contributed by atoms with Crippen LogP contribution in [0.3, 0.4) is 0 Å². The minimum atomic E-state index is -0.685. The molecule has 0 heterocycles. The molecule has 18 heavy (non-hydrogen) atoms. The molecule has 0 unspecified atom stereocenters. The number of alkyl carbamates (subject to hydrolysis) is 1. The number of hydrogen-bond acceptors (Lipinski definition) is 4. The van der Waals surface area contributed by atoms with Crippen LogP contribution in [-0.4, -0.2) is 29.8 Å². The molecule has 0 saturated carbocycles. The molecular formula is C13H23NO4. The van der Waals surface area contributed by atoms with Crippen LogP contribution in [-0.2, 0) is 14.3 Å². The Balaban J connectivity index is 4.39. The van der Waals surface area contributed by atoms with Crippen LogP contribution in [0.4, 0.5) is 4.79 Å². The number of rotatable bonds is 4. The first-order valence-corrected chi connectivity index (χ1v) is 5.93. The van der Waals surface area contributed by atoms with E-state index in [4.69, 9.17) is 9.47 Å². The Morgan fingerprint density at radius 3 is 2.17 bits per heavy atom. The molecule has 0 atom stereocenters. The largest absolute Gasteiger partial charge is 0.463 e. The van der Waals surface area contributed by atoms with E-state index in [1.807, 2.05) is 0 Å². The minimum absolute atomic E-state index is 0.323. The first-order valence-electron chi connectivity index (χ1n) is 5.93. The van der Waals surface area contributed by atoms with Gasteiger partial charge in [-0.3, -0.25) is 0 Å². The lowest BCUT2D eigenvalue weighted by molar-refractivity contribution is -0.137. The van der Waals surface area contributed by atoms with Crippen molar-refractivity contribution >= 4 is 12.1 Å². The average Bonchev–Trinajstić information content (AvgIpc) is 2.11. The molecule has 0 aromatic carbocycles. The van der Waals surface area contributed by atoms with Crippen molar-refractivity contribution in [3.63, 3.8) is 0 Å². The highest BCUT2D eigenvalue weighted by atomic mass is 16.6. The Kier molecular flexibility index (Phi) is 5.88. The molecule has 0 spiro atoms. The molecule has 1 amide bonds. The summed E-state index contributed by atoms with van der Waals surface area (Å²) in [5, 5.41) is 2.65. The molecule has 1 N–H and O–H groups in total. The molecular weight excluding hydrogens is 234 g/mol. The second-order valence-electron chi connectivity index (χ2n) is 5.43. The molecule has 0 aromatic rings. The van der Waals surface area contributed by atoms with Gasteiger partial charge in [-0.1, -0.05) is 6.08 Å². The average molecular weight is 257 g/mol. The molecule has 0 rings (SSSR count). The zero-order valence-corrected chi connectivity index (χ0v) is 12.0. The van der Waals surface area contributed by atoms with Crippen LogP contribution in [0.2, 0.25) is 0 Å². The highest BCUT2D eigenvalue weighted by Crippen LogP contribution is 2.10. The minimum Gasteiger partial charge on any atom is -0.463 e. The van der Waals surface area contributed by atoms with Gasteiger partial charge in [0, 0.05) is 6.08 Å². The van der Waals surface area contributed by atoms with Crippen molar-refractivity contribution in [1.29, 1.82) is 0 Å². The monoisotopic (exact) mass is 257 g/mol. The van der Waals surface area contributed by atoms with Crippen molar-refractivity contribution in [3.05, 3.63) is 12.2 Å². The summed E-state index contributed by atoms with van der Waals surface area (Å²) in [6.07, 6.45) is 2.33. The number of amides is 1. The first-order chi connectivity index (χ1) is 8.06. The molecule has 104 valence electrons. The van der Waals surface area contributed by atoms with Gasteiger partial charge in [0.2, 0.25) is 0 Å². The molecule has 0 aliphatic heterocycles. The maximum absolute atomic E-state index is 11.6. The Bertz CT molecular complexity index is 326. The van der Waals surface area contributed by atoms with Crippen LogP contribution in [0.1, 0.15) is 41.5 Å². The highest BCUT2D eigenvalue weighted by molar-refractivity contribution is 5.82. The van der Waals surface area contributed by atoms with Gasteiger partial charge in [0.15, 0.2) is 0 Å². The summed E-state index contributed by atoms with van der Waals surface area (Å²) in [4.78, 5) is 22.7. The number of carbonyl (C=O) groups excluding carboxylic acids is 2. The summed E-state index contributed by atoms with van der Waals surface area (Å²) in [7, 11) is 0. The van der Waals surface area contributed by atoms with E-state index < -0.39 is 23.2 Å². The molecule has 0 aliphatic carbocycles. The van der Waals surface area contributed by atoms with Gasteiger partial charge < -0.3 is 14.8 Å². The van der Waals surface area contributed by atoms with Crippen molar-refractivity contribution < 1.29 is 19.1 Å². The third-order valence-corrected chi connectivity index (χ3v) is 1.75. The molecule has 0 aromatic heterocycles. The summed E-state index contributed by atoms with van der Waals surface area (Å²) in [6.45, 7) is 10.9. The molecule has 0 aliphatic rings. The van der Waals surface area contributed by atoms with Gasteiger partial charge in [-0.05, 0) is 41.5 Å². The number of esters is 1. The predicted molar refractivity (Wildman–Crippen MR) is 69.2 cm³/mol. The van der Waals surface area contributed by atoms with Crippen molar-refractivity contribution in [1.82, 2.24) is 5.32 Å². The van der Waals surface area contributed by atoms with E-state index in [-0.39, 0.29) is 0 Å². The van der Waals surface area contributed by atoms with Crippen LogP contribution in [0.5, 0.6) is 0 Å². The van der Waals surface area contributed by atoms with Gasteiger partial charge in [0.25, 0.3) is 0 Å². The fourth-order valence-electron chi connectivity index (χ4n) is 1.08. The van der Waals surface area contributed by atoms with Crippen molar-refractivity contribution in [2.45, 2.75) is 52.7 Å². The second kappa shape index (κ2) is 6.42. The van der Waals surface area contributed by atoms with Crippen molar-refractivity contribution in [2.75, 3.05) is 6.61 Å². The topological polar surface area (TPSA) is 64.6 Å². The van der Waals surface area contributed by atoms with Crippen LogP contribution < -0.4 is 5.32 Å². The summed E-state index contributed by atoms with van der Waals surface area (Å²) >= 11 is 0. The van der Waals surface area contributed by atoms with E-state index >= 15 is 0 Å². The molecule has 5 nitrogen and oxygen atoms in total. The number of ether oxygens (including phenoxy) is 2. The number of nitrogens with one attached hydrogen (secondary N) is 1. The predicted octanol–water partition coefficient (Wildman–Crippen LogP) is 2.41. The standard InChI is InChI=1S/C13H23NO4/c1-7-17-10(15)8-9-13(5,6)14-11(16)18-12(2,3)4/h8-9H,7H2,1-6H3,(H,14,16). The SMILES string of the molecule is CCOC(=O)C=CC(C)(C)NC(=O)OC(C)(C)C. The lowest BCUT2D eigenvalue weighted by Gasteiger charge is -2.26. The van der Waals surface area contributed by atoms with Gasteiger partial charge in [-0.2, -0.15) is 0 Å². The third-order valence-electron chi connectivity index (χ3n) is 1.75. The third kappa shape index (κ3) is 8.61. The van der Waals surface area contributed by atoms with E-state index in [9.17, 15) is 9.59 Å². The Morgan fingerprint density at radius 2 is 1.72 bits per heavy atom. The zero-order valence-electron chi connectivity index (χ0n) is 12.0. The number of hydrogen-bond donors (Lipinski definition) is 1. The van der Waals surface area contributed by atoms with Crippen LogP contribution >= 0.6 is 0 Å². The Hall–Kier alpha value is -1.52. The highest BCUT2D eigenvalue weighted by Gasteiger charge is 2.22. The molecule has 0 bridgehead atoms. The fourth-order valence-corrected chi connectivity index (χ4v) is 1.08. The maximum Gasteiger partial charge on any atom is 0.408 e. The second-order valence-corrected chi connectivity index (χ2v) is 5.43. The van der Waals surface area contributed by atoms with Crippen molar-refractivity contribution in [3.8, 4) is 0 Å². The van der Waals surface area contributed by atoms with E-state index in [1.165, 1.54) is 6.08 Å². The van der Waals surface area contributed by atoms with Gasteiger partial charge >= 0.3 is 12.1 Å². The fraction of sp³-hybridized carbons (Fsp3) is 0.692. The van der Waals surface area contributed by atoms with Crippen LogP contribution in [0.25, 0.3) is 0 Å². The van der Waals surface area contributed by atoms with E-state index in [0.29, 0.717) is 6.61 Å². The van der Waals surface area contributed by atoms with Gasteiger partial charge in [0.05, 0.1) is 12.1 Å². The summed E-state index contributed by atoms with van der Waals surface area (Å²) < 4.78 is 9.88. The molecule has 0 fully saturated rings. The maximum atomic E-state index is 11.6. The lowest BCUT2D eigenvalue weighted by atomic mass is 10.1. The van der Waals surface area contributed by atoms with E-state index in [2.05, 4.69) is 5.32 Å². The normalized spacial score (nSPS) is 12.3. The van der Waals surface area contributed by atoms with E-state index in [1.54, 1.807) is 47.6 Å². The van der Waals surface area contributed by atoms with Crippen LogP contribution in [0, 0.1) is 0 Å². The molecule has 0 radical (unpaired) electrons. The van der Waals surface area contributed by atoms with Gasteiger partial charge in [-0.25, -0.2) is 9.59 Å². The summed E-state index contributed by atoms with van der Waals surface area (Å²) in [5.74, 6) is -0.434. The quantitative estimate of drug-likeness (QED) is 0.620. The summed E-state index contributed by atoms with van der Waals surface area (Å²) in [6, 6.07) is 0. The lowest BCUT2D eigenvalue weighted by Crippen LogP contribution is -2.44. The van der Waals surface area contributed by atoms with Crippen LogP contribution in [0.15, 0.2) is 12.2 Å². The van der Waals surface area contributed by atoms with Gasteiger partial charge in [-0.15, -0.1) is 0 Å². The number of carbonyl (C=O) groups is 2. The first kappa shape index (κ1) is 16.5. The smallest absolute Gasteiger partial charge is 0.408 e. The molecule has 5 heteroatoms. The zero-order chi connectivity index (χ0) is 14.4. The van der Waals surface area contributed by atoms with Gasteiger partial charge in [0.1, 0.15) is 5.60 Å². The Morgan fingerprint density at radius 1 is 1.17 bits per heavy atom. The Labute approximate surface area is 109 Å². The summed E-state index contributed by atoms with van der Waals surface area (Å²) in [5.41, 5.74) is -1.24. The van der Waals surface area contributed by atoms with Crippen molar-refractivity contribution in [2.24, 2.45) is 0 Å².